The molecule has 0 radical (unpaired) electrons. The maximum atomic E-state index is 12.8. The molecular weight excluding hydrogens is 729 g/mol. The minimum atomic E-state index is -2.79. The average molecular weight is 799 g/mol. The van der Waals surface area contributed by atoms with Crippen molar-refractivity contribution in [3.05, 3.63) is 103 Å². The van der Waals surface area contributed by atoms with E-state index in [1.807, 2.05) is 37.5 Å². The van der Waals surface area contributed by atoms with Crippen LogP contribution in [0.15, 0.2) is 97.1 Å². The highest BCUT2D eigenvalue weighted by atomic mass is 28.4. The van der Waals surface area contributed by atoms with Crippen molar-refractivity contribution in [2.45, 2.75) is 148 Å². The highest BCUT2D eigenvalue weighted by molar-refractivity contribution is 6.99. The number of hydrogen-bond acceptors (Lipinski definition) is 7. The molecule has 0 spiro atoms. The first-order chi connectivity index (χ1) is 27.4. The van der Waals surface area contributed by atoms with Crippen molar-refractivity contribution in [1.82, 2.24) is 0 Å². The molecule has 0 saturated carbocycles. The summed E-state index contributed by atoms with van der Waals surface area (Å²) < 4.78 is 39.1. The first kappa shape index (κ1) is 45.0. The van der Waals surface area contributed by atoms with Crippen molar-refractivity contribution in [2.75, 3.05) is 20.8 Å². The molecular formula is C49H70O7Si. The van der Waals surface area contributed by atoms with Crippen LogP contribution in [0.5, 0.6) is 5.75 Å². The van der Waals surface area contributed by atoms with Crippen LogP contribution in [-0.4, -0.2) is 71.6 Å². The van der Waals surface area contributed by atoms with Crippen LogP contribution in [0, 0.1) is 11.8 Å². The number of methoxy groups -OCH3 is 2. The largest absolute Gasteiger partial charge is 0.497 e. The summed E-state index contributed by atoms with van der Waals surface area (Å²) in [6, 6.07) is 29.9. The van der Waals surface area contributed by atoms with Gasteiger partial charge in [0.05, 0.1) is 50.3 Å². The molecule has 0 aromatic heterocycles. The number of ether oxygens (including phenoxy) is 5. The third-order valence-electron chi connectivity index (χ3n) is 11.8. The quantitative estimate of drug-likeness (QED) is 0.0641. The summed E-state index contributed by atoms with van der Waals surface area (Å²) in [5, 5.41) is 2.44. The summed E-state index contributed by atoms with van der Waals surface area (Å²) in [5.41, 5.74) is 1.11. The van der Waals surface area contributed by atoms with Crippen LogP contribution < -0.4 is 15.1 Å². The molecule has 8 heteroatoms. The maximum Gasteiger partial charge on any atom is 0.261 e. The molecule has 0 bridgehead atoms. The van der Waals surface area contributed by atoms with Crippen LogP contribution in [0.1, 0.15) is 105 Å². The van der Waals surface area contributed by atoms with Crippen molar-refractivity contribution in [1.29, 1.82) is 0 Å². The molecule has 0 aliphatic carbocycles. The van der Waals surface area contributed by atoms with E-state index < -0.39 is 8.32 Å². The molecule has 7 atom stereocenters. The third-order valence-corrected chi connectivity index (χ3v) is 16.9. The average Bonchev–Trinajstić information content (AvgIpc) is 3.19. The van der Waals surface area contributed by atoms with Crippen LogP contribution in [0.25, 0.3) is 0 Å². The number of benzene rings is 3. The Bertz CT molecular complexity index is 1600. The standard InChI is InChI=1S/C49H70O7Si/c1-36(2)16-15-17-39(50)30-41-25-22-37(3)48(55-41)34-43(52-8)32-44-33-45(31-42(54-44)28-29-53-35-38-23-26-40(51-7)27-24-38)56-57(49(4,5)6,46-18-11-9-12-19-46)47-20-13-10-14-21-47/h9-15,17-21,23-24,26-27,36-37,41-45,48H,16,22,25,28-35H2,1-8H3/b17-15+/t37-,41-,42-,43-,44+,45-,48+/m0/s1. The summed E-state index contributed by atoms with van der Waals surface area (Å²) in [4.78, 5) is 12.8. The Labute approximate surface area is 345 Å². The van der Waals surface area contributed by atoms with Gasteiger partial charge in [-0.1, -0.05) is 120 Å². The van der Waals surface area contributed by atoms with Crippen molar-refractivity contribution in [2.24, 2.45) is 11.8 Å². The fourth-order valence-electron chi connectivity index (χ4n) is 8.69. The van der Waals surface area contributed by atoms with Gasteiger partial charge in [0, 0.05) is 26.6 Å². The van der Waals surface area contributed by atoms with Gasteiger partial charge in [-0.05, 0) is 96.0 Å². The molecule has 312 valence electrons. The normalized spacial score (nSPS) is 23.8. The Hall–Kier alpha value is -3.11. The van der Waals surface area contributed by atoms with Crippen molar-refractivity contribution in [3.8, 4) is 5.75 Å². The van der Waals surface area contributed by atoms with Gasteiger partial charge in [-0.15, -0.1) is 0 Å². The predicted molar refractivity (Wildman–Crippen MR) is 233 cm³/mol. The van der Waals surface area contributed by atoms with Crippen LogP contribution >= 0.6 is 0 Å². The number of carbonyl (C=O) groups excluding carboxylic acids is 1. The van der Waals surface area contributed by atoms with Crippen LogP contribution in [0.3, 0.4) is 0 Å². The summed E-state index contributed by atoms with van der Waals surface area (Å²) in [6.07, 6.45) is 10.8. The molecule has 3 aromatic carbocycles. The van der Waals surface area contributed by atoms with Crippen molar-refractivity contribution < 1.29 is 32.9 Å². The predicted octanol–water partition coefficient (Wildman–Crippen LogP) is 9.64. The van der Waals surface area contributed by atoms with Gasteiger partial charge in [0.2, 0.25) is 0 Å². The highest BCUT2D eigenvalue weighted by Crippen LogP contribution is 2.40. The van der Waals surface area contributed by atoms with Gasteiger partial charge in [-0.25, -0.2) is 0 Å². The molecule has 2 aliphatic heterocycles. The fourth-order valence-corrected chi connectivity index (χ4v) is 13.4. The molecule has 2 heterocycles. The Morgan fingerprint density at radius 1 is 0.842 bits per heavy atom. The zero-order chi connectivity index (χ0) is 40.8. The highest BCUT2D eigenvalue weighted by Gasteiger charge is 2.52. The number of rotatable bonds is 20. The van der Waals surface area contributed by atoms with Crippen molar-refractivity contribution >= 4 is 24.5 Å². The lowest BCUT2D eigenvalue weighted by molar-refractivity contribution is -0.134. The first-order valence-electron chi connectivity index (χ1n) is 21.4. The first-order valence-corrected chi connectivity index (χ1v) is 23.3. The van der Waals surface area contributed by atoms with E-state index in [1.54, 1.807) is 13.2 Å². The molecule has 7 nitrogen and oxygen atoms in total. The molecule has 2 saturated heterocycles. The molecule has 2 fully saturated rings. The number of ketones is 1. The topological polar surface area (TPSA) is 72.5 Å². The van der Waals surface area contributed by atoms with E-state index in [1.165, 1.54) is 10.4 Å². The van der Waals surface area contributed by atoms with Crippen LogP contribution in [0.4, 0.5) is 0 Å². The van der Waals surface area contributed by atoms with Gasteiger partial charge >= 0.3 is 0 Å². The lowest BCUT2D eigenvalue weighted by Crippen LogP contribution is -2.68. The monoisotopic (exact) mass is 798 g/mol. The van der Waals surface area contributed by atoms with E-state index in [0.29, 0.717) is 31.5 Å². The van der Waals surface area contributed by atoms with Crippen LogP contribution in [0.2, 0.25) is 5.04 Å². The molecule has 0 amide bonds. The molecule has 57 heavy (non-hydrogen) atoms. The molecule has 0 unspecified atom stereocenters. The van der Waals surface area contributed by atoms with Crippen LogP contribution in [-0.2, 0) is 34.8 Å². The van der Waals surface area contributed by atoms with Gasteiger partial charge in [0.15, 0.2) is 5.78 Å². The Balaban J connectivity index is 1.32. The Morgan fingerprint density at radius 2 is 1.49 bits per heavy atom. The maximum absolute atomic E-state index is 12.8. The van der Waals surface area contributed by atoms with Gasteiger partial charge in [-0.2, -0.15) is 0 Å². The number of carbonyl (C=O) groups is 1. The van der Waals surface area contributed by atoms with Gasteiger partial charge in [0.25, 0.3) is 8.32 Å². The van der Waals surface area contributed by atoms with Gasteiger partial charge in [0.1, 0.15) is 5.75 Å². The van der Waals surface area contributed by atoms with Crippen molar-refractivity contribution in [3.63, 3.8) is 0 Å². The van der Waals surface area contributed by atoms with E-state index in [-0.39, 0.29) is 47.4 Å². The molecule has 2 aliphatic rings. The number of hydrogen-bond donors (Lipinski definition) is 0. The van der Waals surface area contributed by atoms with E-state index in [4.69, 9.17) is 28.1 Å². The minimum Gasteiger partial charge on any atom is -0.497 e. The second-order valence-corrected chi connectivity index (χ2v) is 22.1. The molecule has 0 N–H and O–H groups in total. The molecule has 3 aromatic rings. The SMILES string of the molecule is COc1ccc(COCC[C@H]2C[C@H](O[Si](c3ccccc3)(c3ccccc3)C(C)(C)C)C[C@@H](C[C@@H](C[C@H]3O[C@H](CC(=O)/C=C/CC(C)C)CC[C@@H]3C)OC)O2)cc1. The second kappa shape index (κ2) is 21.8. The third kappa shape index (κ3) is 12.9. The Kier molecular flexibility index (Phi) is 17.2. The van der Waals surface area contributed by atoms with Gasteiger partial charge < -0.3 is 28.1 Å². The van der Waals surface area contributed by atoms with E-state index in [2.05, 4.69) is 102 Å². The lowest BCUT2D eigenvalue weighted by Gasteiger charge is -2.47. The van der Waals surface area contributed by atoms with Gasteiger partial charge in [-0.3, -0.25) is 4.79 Å². The van der Waals surface area contributed by atoms with E-state index in [9.17, 15) is 4.79 Å². The minimum absolute atomic E-state index is 0.0110. The lowest BCUT2D eigenvalue weighted by atomic mass is 9.87. The zero-order valence-electron chi connectivity index (χ0n) is 36.0. The second-order valence-electron chi connectivity index (χ2n) is 17.8. The summed E-state index contributed by atoms with van der Waals surface area (Å²) >= 11 is 0. The number of allylic oxidation sites excluding steroid dienone is 2. The summed E-state index contributed by atoms with van der Waals surface area (Å²) in [5.74, 6) is 1.92. The summed E-state index contributed by atoms with van der Waals surface area (Å²) in [6.45, 7) is 14.8. The molecule has 5 rings (SSSR count). The zero-order valence-corrected chi connectivity index (χ0v) is 37.0. The Morgan fingerprint density at radius 3 is 2.09 bits per heavy atom. The van der Waals surface area contributed by atoms with E-state index in [0.717, 1.165) is 62.7 Å². The smallest absolute Gasteiger partial charge is 0.261 e. The fraction of sp³-hybridized carbons (Fsp3) is 0.571. The summed E-state index contributed by atoms with van der Waals surface area (Å²) in [7, 11) is 0.694. The van der Waals surface area contributed by atoms with E-state index >= 15 is 0 Å².